The Hall–Kier alpha value is -2.65. The van der Waals surface area contributed by atoms with E-state index in [1.807, 2.05) is 0 Å². The molecule has 4 N–H and O–H groups in total. The van der Waals surface area contributed by atoms with Crippen molar-refractivity contribution in [3.63, 3.8) is 0 Å². The van der Waals surface area contributed by atoms with Gasteiger partial charge in [0.1, 0.15) is 0 Å². The van der Waals surface area contributed by atoms with Crippen molar-refractivity contribution in [3.8, 4) is 5.82 Å². The molecule has 1 amide bonds. The molecule has 2 aromatic rings. The number of carbonyl (C=O) groups excluding carboxylic acids is 1. The first-order valence-corrected chi connectivity index (χ1v) is 4.85. The van der Waals surface area contributed by atoms with Crippen LogP contribution in [-0.2, 0) is 6.18 Å². The molecule has 0 aromatic carbocycles. The Bertz CT molecular complexity index is 618. The van der Waals surface area contributed by atoms with Crippen LogP contribution in [0.15, 0.2) is 18.3 Å². The van der Waals surface area contributed by atoms with Gasteiger partial charge in [-0.15, -0.1) is 10.2 Å². The number of rotatable bonds is 2. The maximum Gasteiger partial charge on any atom is 0.435 e. The van der Waals surface area contributed by atoms with Crippen molar-refractivity contribution in [2.75, 3.05) is 5.73 Å². The van der Waals surface area contributed by atoms with Crippen molar-refractivity contribution >= 4 is 11.6 Å². The number of halogens is 3. The third-order valence-electron chi connectivity index (χ3n) is 2.15. The number of hydrogen-bond acceptors (Lipinski definition) is 5. The zero-order valence-electron chi connectivity index (χ0n) is 9.22. The lowest BCUT2D eigenvalue weighted by molar-refractivity contribution is -0.141. The van der Waals surface area contributed by atoms with Crippen LogP contribution in [0, 0.1) is 0 Å². The van der Waals surface area contributed by atoms with E-state index in [0.29, 0.717) is 0 Å². The fourth-order valence-corrected chi connectivity index (χ4v) is 1.29. The number of aromatic nitrogens is 4. The Morgan fingerprint density at radius 1 is 1.26 bits per heavy atom. The molecule has 0 fully saturated rings. The van der Waals surface area contributed by atoms with E-state index in [0.717, 1.165) is 16.8 Å². The molecule has 100 valence electrons. The highest BCUT2D eigenvalue weighted by molar-refractivity contribution is 5.95. The summed E-state index contributed by atoms with van der Waals surface area (Å²) in [6, 6.07) is 1.79. The summed E-state index contributed by atoms with van der Waals surface area (Å²) < 4.78 is 37.9. The number of hydrogen-bond donors (Lipinski definition) is 2. The van der Waals surface area contributed by atoms with Crippen molar-refractivity contribution in [2.24, 2.45) is 5.73 Å². The van der Waals surface area contributed by atoms with Gasteiger partial charge >= 0.3 is 6.18 Å². The number of alkyl halides is 3. The van der Waals surface area contributed by atoms with Gasteiger partial charge in [-0.25, -0.2) is 4.68 Å². The summed E-state index contributed by atoms with van der Waals surface area (Å²) in [7, 11) is 0. The van der Waals surface area contributed by atoms with Crippen LogP contribution in [0.1, 0.15) is 16.2 Å². The molecule has 0 radical (unpaired) electrons. The third-order valence-corrected chi connectivity index (χ3v) is 2.15. The van der Waals surface area contributed by atoms with Crippen LogP contribution in [0.2, 0.25) is 0 Å². The van der Waals surface area contributed by atoms with Gasteiger partial charge in [-0.1, -0.05) is 0 Å². The van der Waals surface area contributed by atoms with E-state index in [1.165, 1.54) is 6.20 Å². The number of carbonyl (C=O) groups is 1. The van der Waals surface area contributed by atoms with Crippen molar-refractivity contribution in [1.82, 2.24) is 20.0 Å². The Labute approximate surface area is 104 Å². The molecule has 0 atom stereocenters. The van der Waals surface area contributed by atoms with E-state index >= 15 is 0 Å². The summed E-state index contributed by atoms with van der Waals surface area (Å²) in [4.78, 5) is 10.9. The van der Waals surface area contributed by atoms with Gasteiger partial charge in [-0.2, -0.15) is 18.3 Å². The zero-order chi connectivity index (χ0) is 14.2. The average Bonchev–Trinajstić information content (AvgIpc) is 2.70. The summed E-state index contributed by atoms with van der Waals surface area (Å²) in [6.07, 6.45) is -3.37. The van der Waals surface area contributed by atoms with Gasteiger partial charge in [-0.05, 0) is 12.1 Å². The third kappa shape index (κ3) is 2.46. The second-order valence-corrected chi connectivity index (χ2v) is 3.52. The Morgan fingerprint density at radius 3 is 2.37 bits per heavy atom. The quantitative estimate of drug-likeness (QED) is 0.819. The van der Waals surface area contributed by atoms with E-state index in [4.69, 9.17) is 11.5 Å². The molecule has 10 heteroatoms. The molecule has 0 aliphatic rings. The van der Waals surface area contributed by atoms with E-state index in [-0.39, 0.29) is 17.2 Å². The molecule has 7 nitrogen and oxygen atoms in total. The van der Waals surface area contributed by atoms with Gasteiger partial charge in [0.15, 0.2) is 17.2 Å². The SMILES string of the molecule is NC(=O)c1nn(-c2ccc(C(F)(F)F)nn2)cc1N. The summed E-state index contributed by atoms with van der Waals surface area (Å²) in [5.74, 6) is -0.872. The first kappa shape index (κ1) is 12.8. The van der Waals surface area contributed by atoms with Crippen LogP contribution in [0.4, 0.5) is 18.9 Å². The predicted octanol–water partition coefficient (Wildman–Crippen LogP) is 0.362. The van der Waals surface area contributed by atoms with Gasteiger partial charge in [0.25, 0.3) is 5.91 Å². The lowest BCUT2D eigenvalue weighted by Gasteiger charge is -2.04. The fourth-order valence-electron chi connectivity index (χ4n) is 1.29. The summed E-state index contributed by atoms with van der Waals surface area (Å²) >= 11 is 0. The number of nitrogens with two attached hydrogens (primary N) is 2. The smallest absolute Gasteiger partial charge is 0.396 e. The van der Waals surface area contributed by atoms with Crippen molar-refractivity contribution < 1.29 is 18.0 Å². The lowest BCUT2D eigenvalue weighted by atomic mass is 10.3. The number of anilines is 1. The van der Waals surface area contributed by atoms with E-state index in [1.54, 1.807) is 0 Å². The molecule has 0 aliphatic carbocycles. The minimum Gasteiger partial charge on any atom is -0.396 e. The molecular weight excluding hydrogens is 265 g/mol. The average molecular weight is 272 g/mol. The standard InChI is InChI=1S/C9H7F3N6O/c10-9(11,12)5-1-2-6(16-15-5)18-3-4(13)7(17-18)8(14)19/h1-3H,13H2,(H2,14,19). The first-order valence-electron chi connectivity index (χ1n) is 4.85. The maximum atomic E-state index is 12.3. The minimum atomic E-state index is -4.58. The molecule has 0 bridgehead atoms. The van der Waals surface area contributed by atoms with Crippen LogP contribution in [0.25, 0.3) is 5.82 Å². The fraction of sp³-hybridized carbons (Fsp3) is 0.111. The molecule has 2 heterocycles. The van der Waals surface area contributed by atoms with Crippen LogP contribution < -0.4 is 11.5 Å². The highest BCUT2D eigenvalue weighted by atomic mass is 19.4. The molecule has 2 rings (SSSR count). The highest BCUT2D eigenvalue weighted by Crippen LogP contribution is 2.27. The van der Waals surface area contributed by atoms with E-state index in [9.17, 15) is 18.0 Å². The van der Waals surface area contributed by atoms with Crippen molar-refractivity contribution in [2.45, 2.75) is 6.18 Å². The Balaban J connectivity index is 2.38. The molecule has 19 heavy (non-hydrogen) atoms. The van der Waals surface area contributed by atoms with Crippen LogP contribution >= 0.6 is 0 Å². The van der Waals surface area contributed by atoms with Gasteiger partial charge in [0.05, 0.1) is 11.9 Å². The number of amides is 1. The molecule has 0 spiro atoms. The zero-order valence-corrected chi connectivity index (χ0v) is 9.22. The Kier molecular flexibility index (Phi) is 2.85. The summed E-state index contributed by atoms with van der Waals surface area (Å²) in [5, 5.41) is 10.1. The molecule has 0 unspecified atom stereocenters. The second kappa shape index (κ2) is 4.23. The second-order valence-electron chi connectivity index (χ2n) is 3.52. The summed E-state index contributed by atoms with van der Waals surface area (Å²) in [6.45, 7) is 0. The number of nitrogens with zero attached hydrogens (tertiary/aromatic N) is 4. The number of nitrogen functional groups attached to an aromatic ring is 1. The Morgan fingerprint density at radius 2 is 1.95 bits per heavy atom. The van der Waals surface area contributed by atoms with Crippen LogP contribution in [0.3, 0.4) is 0 Å². The molecular formula is C9H7F3N6O. The number of primary amides is 1. The van der Waals surface area contributed by atoms with Gasteiger partial charge in [-0.3, -0.25) is 4.79 Å². The van der Waals surface area contributed by atoms with Crippen LogP contribution in [0.5, 0.6) is 0 Å². The van der Waals surface area contributed by atoms with E-state index in [2.05, 4.69) is 15.3 Å². The minimum absolute atomic E-state index is 0.00537. The predicted molar refractivity (Wildman–Crippen MR) is 57.1 cm³/mol. The monoisotopic (exact) mass is 272 g/mol. The van der Waals surface area contributed by atoms with Gasteiger partial charge in [0, 0.05) is 0 Å². The molecule has 0 saturated carbocycles. The first-order chi connectivity index (χ1) is 8.79. The molecule has 2 aromatic heterocycles. The molecule has 0 saturated heterocycles. The summed E-state index contributed by atoms with van der Waals surface area (Å²) in [5.41, 5.74) is 9.14. The van der Waals surface area contributed by atoms with Gasteiger partial charge in [0.2, 0.25) is 0 Å². The largest absolute Gasteiger partial charge is 0.435 e. The lowest BCUT2D eigenvalue weighted by Crippen LogP contribution is -2.14. The maximum absolute atomic E-state index is 12.3. The topological polar surface area (TPSA) is 113 Å². The van der Waals surface area contributed by atoms with Crippen molar-refractivity contribution in [1.29, 1.82) is 0 Å². The van der Waals surface area contributed by atoms with Crippen molar-refractivity contribution in [3.05, 3.63) is 29.7 Å². The highest BCUT2D eigenvalue weighted by Gasteiger charge is 2.33. The molecule has 0 aliphatic heterocycles. The van der Waals surface area contributed by atoms with Gasteiger partial charge < -0.3 is 11.5 Å². The van der Waals surface area contributed by atoms with Crippen LogP contribution in [-0.4, -0.2) is 25.9 Å². The normalized spacial score (nSPS) is 11.5. The van der Waals surface area contributed by atoms with E-state index < -0.39 is 17.8 Å².